The summed E-state index contributed by atoms with van der Waals surface area (Å²) >= 11 is 1.92. The highest BCUT2D eigenvalue weighted by Gasteiger charge is 2.12. The molecular weight excluding hydrogens is 206 g/mol. The molecule has 0 saturated carbocycles. The van der Waals surface area contributed by atoms with E-state index in [0.717, 1.165) is 19.6 Å². The van der Waals surface area contributed by atoms with Crippen molar-refractivity contribution in [2.45, 2.75) is 18.9 Å². The van der Waals surface area contributed by atoms with Crippen LogP contribution in [0.3, 0.4) is 0 Å². The molecule has 0 aromatic heterocycles. The van der Waals surface area contributed by atoms with Crippen molar-refractivity contribution in [1.82, 2.24) is 9.80 Å². The van der Waals surface area contributed by atoms with E-state index in [4.69, 9.17) is 5.73 Å². The minimum absolute atomic E-state index is 0.553. The van der Waals surface area contributed by atoms with E-state index in [1.807, 2.05) is 11.8 Å². The molecule has 0 aromatic rings. The largest absolute Gasteiger partial charge is 0.329 e. The van der Waals surface area contributed by atoms with Crippen molar-refractivity contribution in [3.05, 3.63) is 0 Å². The Bertz CT molecular complexity index is 142. The lowest BCUT2D eigenvalue weighted by atomic mass is 10.1. The topological polar surface area (TPSA) is 32.5 Å². The molecule has 0 rings (SSSR count). The minimum Gasteiger partial charge on any atom is -0.329 e. The molecule has 0 aliphatic rings. The third kappa shape index (κ3) is 8.08. The summed E-state index contributed by atoms with van der Waals surface area (Å²) in [5.41, 5.74) is 5.80. The number of hydrogen-bond acceptors (Lipinski definition) is 4. The van der Waals surface area contributed by atoms with Crippen molar-refractivity contribution >= 4 is 11.8 Å². The average Bonchev–Trinajstić information content (AvgIpc) is 2.21. The van der Waals surface area contributed by atoms with Gasteiger partial charge in [0.2, 0.25) is 0 Å². The van der Waals surface area contributed by atoms with E-state index < -0.39 is 0 Å². The zero-order valence-electron chi connectivity index (χ0n) is 10.7. The molecule has 0 fully saturated rings. The molecule has 3 nitrogen and oxygen atoms in total. The summed E-state index contributed by atoms with van der Waals surface area (Å²) < 4.78 is 0. The number of rotatable bonds is 9. The van der Waals surface area contributed by atoms with Gasteiger partial charge in [0.25, 0.3) is 0 Å². The molecule has 0 spiro atoms. The zero-order chi connectivity index (χ0) is 11.7. The number of thioether (sulfide) groups is 1. The Morgan fingerprint density at radius 1 is 1.20 bits per heavy atom. The fourth-order valence-corrected chi connectivity index (χ4v) is 1.98. The smallest absolute Gasteiger partial charge is 0.0216 e. The highest BCUT2D eigenvalue weighted by Crippen LogP contribution is 2.07. The predicted molar refractivity (Wildman–Crippen MR) is 71.6 cm³/mol. The van der Waals surface area contributed by atoms with E-state index in [1.165, 1.54) is 18.6 Å². The van der Waals surface area contributed by atoms with Gasteiger partial charge in [-0.05, 0) is 46.0 Å². The molecule has 1 unspecified atom stereocenters. The number of nitrogens with zero attached hydrogens (tertiary/aromatic N) is 2. The molecule has 2 N–H and O–H groups in total. The van der Waals surface area contributed by atoms with Crippen LogP contribution < -0.4 is 5.73 Å². The van der Waals surface area contributed by atoms with Gasteiger partial charge in [-0.2, -0.15) is 11.8 Å². The quantitative estimate of drug-likeness (QED) is 0.601. The molecule has 1 atom stereocenters. The Kier molecular flexibility index (Phi) is 9.60. The first-order chi connectivity index (χ1) is 7.11. The van der Waals surface area contributed by atoms with E-state index in [0.29, 0.717) is 6.04 Å². The van der Waals surface area contributed by atoms with E-state index >= 15 is 0 Å². The summed E-state index contributed by atoms with van der Waals surface area (Å²) in [5, 5.41) is 0. The van der Waals surface area contributed by atoms with Crippen molar-refractivity contribution in [2.75, 3.05) is 52.8 Å². The zero-order valence-corrected chi connectivity index (χ0v) is 11.5. The normalized spacial score (nSPS) is 13.8. The van der Waals surface area contributed by atoms with Gasteiger partial charge in [0.15, 0.2) is 0 Å². The molecule has 0 amide bonds. The summed E-state index contributed by atoms with van der Waals surface area (Å²) in [5.74, 6) is 1.25. The monoisotopic (exact) mass is 233 g/mol. The summed E-state index contributed by atoms with van der Waals surface area (Å²) in [7, 11) is 6.40. The first-order valence-corrected chi connectivity index (χ1v) is 7.05. The van der Waals surface area contributed by atoms with Crippen LogP contribution in [0, 0.1) is 0 Å². The second-order valence-electron chi connectivity index (χ2n) is 4.31. The SMILES string of the molecule is CSCCCC(CN)N(C)CCN(C)C. The van der Waals surface area contributed by atoms with Gasteiger partial charge in [0, 0.05) is 25.7 Å². The van der Waals surface area contributed by atoms with Gasteiger partial charge in [0.05, 0.1) is 0 Å². The average molecular weight is 233 g/mol. The van der Waals surface area contributed by atoms with Gasteiger partial charge in [0.1, 0.15) is 0 Å². The number of likely N-dealkylation sites (N-methyl/N-ethyl adjacent to an activating group) is 2. The van der Waals surface area contributed by atoms with Crippen molar-refractivity contribution in [2.24, 2.45) is 5.73 Å². The molecule has 0 radical (unpaired) electrons. The van der Waals surface area contributed by atoms with Crippen LogP contribution in [0.2, 0.25) is 0 Å². The molecule has 0 aliphatic carbocycles. The molecule has 0 aromatic carbocycles. The van der Waals surface area contributed by atoms with Crippen molar-refractivity contribution < 1.29 is 0 Å². The van der Waals surface area contributed by atoms with Crippen LogP contribution in [0.4, 0.5) is 0 Å². The van der Waals surface area contributed by atoms with Gasteiger partial charge >= 0.3 is 0 Å². The van der Waals surface area contributed by atoms with Gasteiger partial charge < -0.3 is 15.5 Å². The first-order valence-electron chi connectivity index (χ1n) is 5.65. The third-order valence-corrected chi connectivity index (χ3v) is 3.38. The molecule has 0 bridgehead atoms. The second-order valence-corrected chi connectivity index (χ2v) is 5.29. The summed E-state index contributed by atoms with van der Waals surface area (Å²) in [6.07, 6.45) is 4.66. The number of nitrogens with two attached hydrogens (primary N) is 1. The van der Waals surface area contributed by atoms with E-state index in [-0.39, 0.29) is 0 Å². The molecule has 15 heavy (non-hydrogen) atoms. The Morgan fingerprint density at radius 2 is 1.87 bits per heavy atom. The Morgan fingerprint density at radius 3 is 2.33 bits per heavy atom. The maximum absolute atomic E-state index is 5.80. The van der Waals surface area contributed by atoms with Gasteiger partial charge in [-0.3, -0.25) is 0 Å². The number of hydrogen-bond donors (Lipinski definition) is 1. The summed E-state index contributed by atoms with van der Waals surface area (Å²) in [6, 6.07) is 0.553. The van der Waals surface area contributed by atoms with Crippen LogP contribution >= 0.6 is 11.8 Å². The lowest BCUT2D eigenvalue weighted by Crippen LogP contribution is -2.41. The molecule has 0 heterocycles. The summed E-state index contributed by atoms with van der Waals surface area (Å²) in [6.45, 7) is 2.99. The van der Waals surface area contributed by atoms with Crippen molar-refractivity contribution in [3.8, 4) is 0 Å². The molecule has 4 heteroatoms. The molecule has 0 aliphatic heterocycles. The van der Waals surface area contributed by atoms with Gasteiger partial charge in [-0.15, -0.1) is 0 Å². The third-order valence-electron chi connectivity index (χ3n) is 2.68. The Labute approximate surface area is 99.4 Å². The van der Waals surface area contributed by atoms with Crippen LogP contribution in [0.25, 0.3) is 0 Å². The van der Waals surface area contributed by atoms with Gasteiger partial charge in [-0.1, -0.05) is 0 Å². The van der Waals surface area contributed by atoms with Gasteiger partial charge in [-0.25, -0.2) is 0 Å². The summed E-state index contributed by atoms with van der Waals surface area (Å²) in [4.78, 5) is 4.60. The highest BCUT2D eigenvalue weighted by atomic mass is 32.2. The lowest BCUT2D eigenvalue weighted by molar-refractivity contribution is 0.211. The Hall–Kier alpha value is 0.230. The van der Waals surface area contributed by atoms with Crippen LogP contribution in [-0.2, 0) is 0 Å². The standard InChI is InChI=1S/C11H27N3S/c1-13(2)7-8-14(3)11(10-12)6-5-9-15-4/h11H,5-10,12H2,1-4H3. The second kappa shape index (κ2) is 9.46. The van der Waals surface area contributed by atoms with Crippen LogP contribution in [0.1, 0.15) is 12.8 Å². The molecule has 0 saturated heterocycles. The predicted octanol–water partition coefficient (Wildman–Crippen LogP) is 0.950. The molecule has 92 valence electrons. The van der Waals surface area contributed by atoms with Crippen LogP contribution in [-0.4, -0.2) is 68.6 Å². The van der Waals surface area contributed by atoms with E-state index in [9.17, 15) is 0 Å². The fraction of sp³-hybridized carbons (Fsp3) is 1.00. The first kappa shape index (κ1) is 15.2. The lowest BCUT2D eigenvalue weighted by Gasteiger charge is -2.28. The Balaban J connectivity index is 3.72. The van der Waals surface area contributed by atoms with Crippen LogP contribution in [0.5, 0.6) is 0 Å². The van der Waals surface area contributed by atoms with Crippen LogP contribution in [0.15, 0.2) is 0 Å². The highest BCUT2D eigenvalue weighted by molar-refractivity contribution is 7.98. The van der Waals surface area contributed by atoms with Crippen molar-refractivity contribution in [3.63, 3.8) is 0 Å². The fourth-order valence-electron chi connectivity index (χ4n) is 1.52. The van der Waals surface area contributed by atoms with Crippen molar-refractivity contribution in [1.29, 1.82) is 0 Å². The molecular formula is C11H27N3S. The minimum atomic E-state index is 0.553. The van der Waals surface area contributed by atoms with E-state index in [1.54, 1.807) is 0 Å². The maximum atomic E-state index is 5.80. The maximum Gasteiger partial charge on any atom is 0.0216 e. The van der Waals surface area contributed by atoms with E-state index in [2.05, 4.69) is 37.2 Å².